The number of aliphatic carboxylic acids is 1. The van der Waals surface area contributed by atoms with E-state index in [1.165, 1.54) is 11.6 Å². The predicted molar refractivity (Wildman–Crippen MR) is 157 cm³/mol. The fraction of sp³-hybridized carbons (Fsp3) is 0.355. The van der Waals surface area contributed by atoms with Crippen LogP contribution in [0.2, 0.25) is 0 Å². The van der Waals surface area contributed by atoms with Gasteiger partial charge in [-0.3, -0.25) is 0 Å². The van der Waals surface area contributed by atoms with Gasteiger partial charge in [0.2, 0.25) is 0 Å². The van der Waals surface area contributed by atoms with Crippen LogP contribution in [0.25, 0.3) is 6.08 Å². The van der Waals surface area contributed by atoms with Crippen LogP contribution >= 0.6 is 0 Å². The van der Waals surface area contributed by atoms with Gasteiger partial charge in [0, 0.05) is 17.7 Å². The summed E-state index contributed by atoms with van der Waals surface area (Å²) in [4.78, 5) is 42.0. The topological polar surface area (TPSA) is 136 Å². The van der Waals surface area contributed by atoms with Crippen LogP contribution in [0.3, 0.4) is 0 Å². The number of carbonyl (C=O) groups is 4. The highest BCUT2D eigenvalue weighted by Crippen LogP contribution is 1.99. The maximum absolute atomic E-state index is 10.9. The van der Waals surface area contributed by atoms with Gasteiger partial charge in [-0.05, 0) is 38.3 Å². The van der Waals surface area contributed by atoms with Gasteiger partial charge in [0.05, 0.1) is 31.7 Å². The summed E-state index contributed by atoms with van der Waals surface area (Å²) in [5, 5.41) is 16.8. The number of esters is 3. The quantitative estimate of drug-likeness (QED) is 0.0703. The zero-order chi connectivity index (χ0) is 31.2. The molecule has 0 atom stereocenters. The van der Waals surface area contributed by atoms with Crippen LogP contribution in [-0.4, -0.2) is 53.9 Å². The largest absolute Gasteiger partial charge is 0.515 e. The van der Waals surface area contributed by atoms with Crippen LogP contribution in [-0.2, 0) is 33.4 Å². The Hall–Kier alpha value is -4.40. The van der Waals surface area contributed by atoms with Gasteiger partial charge in [-0.1, -0.05) is 82.8 Å². The molecule has 0 fully saturated rings. The molecule has 9 nitrogen and oxygen atoms in total. The lowest BCUT2D eigenvalue weighted by atomic mass is 10.2. The average molecular weight is 561 g/mol. The Balaban J connectivity index is -0.000000463. The Bertz CT molecular complexity index is 945. The van der Waals surface area contributed by atoms with Crippen molar-refractivity contribution < 1.29 is 43.6 Å². The van der Waals surface area contributed by atoms with Crippen LogP contribution in [0.4, 0.5) is 0 Å². The summed E-state index contributed by atoms with van der Waals surface area (Å²) in [5.41, 5.74) is 1.44. The molecule has 0 bridgehead atoms. The van der Waals surface area contributed by atoms with Gasteiger partial charge in [0.1, 0.15) is 0 Å². The highest BCUT2D eigenvalue weighted by Gasteiger charge is 2.07. The maximum Gasteiger partial charge on any atom is 0.341 e. The first-order valence-electron chi connectivity index (χ1n) is 12.8. The monoisotopic (exact) mass is 560 g/mol. The number of ether oxygens (including phenoxy) is 3. The Morgan fingerprint density at radius 1 is 0.850 bits per heavy atom. The Kier molecular flexibility index (Phi) is 29.2. The summed E-state index contributed by atoms with van der Waals surface area (Å²) in [6.45, 7) is 18.9. The lowest BCUT2D eigenvalue weighted by molar-refractivity contribution is -0.139. The molecule has 0 amide bonds. The minimum absolute atomic E-state index is 0.164. The molecule has 0 saturated carbocycles. The molecular formula is C31H44O9. The van der Waals surface area contributed by atoms with Crippen molar-refractivity contribution in [3.8, 4) is 0 Å². The maximum atomic E-state index is 10.9. The fourth-order valence-electron chi connectivity index (χ4n) is 1.94. The van der Waals surface area contributed by atoms with Crippen molar-refractivity contribution in [1.29, 1.82) is 0 Å². The van der Waals surface area contributed by atoms with Crippen LogP contribution in [0.15, 0.2) is 85.7 Å². The summed E-state index contributed by atoms with van der Waals surface area (Å²) in [6.07, 6.45) is 9.15. The lowest BCUT2D eigenvalue weighted by Gasteiger charge is -2.01. The van der Waals surface area contributed by atoms with Gasteiger partial charge >= 0.3 is 23.9 Å². The van der Waals surface area contributed by atoms with Gasteiger partial charge in [-0.2, -0.15) is 0 Å². The van der Waals surface area contributed by atoms with E-state index in [1.54, 1.807) is 13.8 Å². The number of hydrogen-bond donors (Lipinski definition) is 2. The summed E-state index contributed by atoms with van der Waals surface area (Å²) in [5.74, 6) is -2.58. The first kappa shape index (κ1) is 40.1. The molecule has 0 spiro atoms. The number of aliphatic hydroxyl groups excluding tert-OH is 1. The number of carboxylic acid groups (broad SMARTS) is 1. The van der Waals surface area contributed by atoms with E-state index < -0.39 is 11.9 Å². The number of hydrogen-bond acceptors (Lipinski definition) is 8. The third kappa shape index (κ3) is 28.2. The van der Waals surface area contributed by atoms with Crippen molar-refractivity contribution in [3.05, 3.63) is 91.3 Å². The second-order valence-electron chi connectivity index (χ2n) is 7.59. The molecule has 1 rings (SSSR count). The molecule has 0 aliphatic rings. The number of unbranched alkanes of at least 4 members (excludes halogenated alkanes) is 2. The molecule has 0 aromatic heterocycles. The fourth-order valence-corrected chi connectivity index (χ4v) is 1.94. The summed E-state index contributed by atoms with van der Waals surface area (Å²) in [6, 6.07) is 10.0. The Morgan fingerprint density at radius 2 is 1.40 bits per heavy atom. The van der Waals surface area contributed by atoms with E-state index in [9.17, 15) is 19.2 Å². The second-order valence-corrected chi connectivity index (χ2v) is 7.59. The third-order valence-corrected chi connectivity index (χ3v) is 4.08. The number of benzene rings is 1. The van der Waals surface area contributed by atoms with Gasteiger partial charge in [0.25, 0.3) is 0 Å². The Morgan fingerprint density at radius 3 is 1.77 bits per heavy atom. The molecule has 222 valence electrons. The number of rotatable bonds is 13. The van der Waals surface area contributed by atoms with E-state index in [2.05, 4.69) is 36.1 Å². The summed E-state index contributed by atoms with van der Waals surface area (Å²) in [7, 11) is 0. The number of aliphatic hydroxyl groups is 1. The van der Waals surface area contributed by atoms with Crippen molar-refractivity contribution in [3.63, 3.8) is 0 Å². The molecule has 40 heavy (non-hydrogen) atoms. The molecule has 1 aromatic carbocycles. The van der Waals surface area contributed by atoms with Crippen LogP contribution in [0, 0.1) is 0 Å². The first-order valence-corrected chi connectivity index (χ1v) is 12.8. The SMILES string of the molecule is C=C(C)C(=O)OCCCC.C=CC(=O)OCCCC.C=Cc1ccccc1.CCOC(=O)C(C=CC(=O)O)=CO. The molecule has 0 saturated heterocycles. The number of carboxylic acids is 1. The van der Waals surface area contributed by atoms with Crippen LogP contribution < -0.4 is 0 Å². The zero-order valence-electron chi connectivity index (χ0n) is 24.1. The lowest BCUT2D eigenvalue weighted by Crippen LogP contribution is -2.06. The third-order valence-electron chi connectivity index (χ3n) is 4.08. The molecule has 0 heterocycles. The van der Waals surface area contributed by atoms with Gasteiger partial charge < -0.3 is 24.4 Å². The summed E-state index contributed by atoms with van der Waals surface area (Å²) >= 11 is 0. The van der Waals surface area contributed by atoms with E-state index in [0.29, 0.717) is 25.0 Å². The number of carbonyl (C=O) groups excluding carboxylic acids is 3. The minimum Gasteiger partial charge on any atom is -0.515 e. The van der Waals surface area contributed by atoms with Gasteiger partial charge in [0.15, 0.2) is 0 Å². The molecular weight excluding hydrogens is 516 g/mol. The van der Waals surface area contributed by atoms with E-state index in [0.717, 1.165) is 37.8 Å². The zero-order valence-corrected chi connectivity index (χ0v) is 24.1. The van der Waals surface area contributed by atoms with Crippen LogP contribution in [0.1, 0.15) is 58.9 Å². The molecule has 0 aliphatic heterocycles. The van der Waals surface area contributed by atoms with Crippen molar-refractivity contribution in [2.24, 2.45) is 0 Å². The highest BCUT2D eigenvalue weighted by molar-refractivity contribution is 5.93. The van der Waals surface area contributed by atoms with E-state index in [1.807, 2.05) is 43.3 Å². The normalized spacial score (nSPS) is 9.65. The standard InChI is InChI=1S/C8H10O5.C8H14O2.C8H8.C7H12O2/c1-2-13-8(12)6(5-9)3-4-7(10)11;1-4-5-6-10-8(9)7(2)3;1-2-8-6-4-3-5-7-8;1-3-5-6-9-7(8)4-2/h3-5,9H,2H2,1H3,(H,10,11);2,4-6H2,1,3H3;2-7H,1H2;4H,2-3,5-6H2,1H3. The molecule has 9 heteroatoms. The average Bonchev–Trinajstić information content (AvgIpc) is 2.95. The van der Waals surface area contributed by atoms with E-state index in [-0.39, 0.29) is 24.1 Å². The van der Waals surface area contributed by atoms with Crippen molar-refractivity contribution in [2.75, 3.05) is 19.8 Å². The second kappa shape index (κ2) is 29.2. The minimum atomic E-state index is -1.20. The molecule has 0 radical (unpaired) electrons. The molecule has 0 aliphatic carbocycles. The van der Waals surface area contributed by atoms with Crippen molar-refractivity contribution >= 4 is 30.0 Å². The van der Waals surface area contributed by atoms with E-state index in [4.69, 9.17) is 14.9 Å². The van der Waals surface area contributed by atoms with Crippen molar-refractivity contribution in [2.45, 2.75) is 53.4 Å². The highest BCUT2D eigenvalue weighted by atomic mass is 16.5. The van der Waals surface area contributed by atoms with Gasteiger partial charge in [-0.15, -0.1) is 0 Å². The predicted octanol–water partition coefficient (Wildman–Crippen LogP) is 6.38. The van der Waals surface area contributed by atoms with Crippen molar-refractivity contribution in [1.82, 2.24) is 0 Å². The smallest absolute Gasteiger partial charge is 0.341 e. The molecule has 1 aromatic rings. The summed E-state index contributed by atoms with van der Waals surface area (Å²) < 4.78 is 14.0. The first-order chi connectivity index (χ1) is 19.0. The van der Waals surface area contributed by atoms with Gasteiger partial charge in [-0.25, -0.2) is 19.2 Å². The molecule has 2 N–H and O–H groups in total. The van der Waals surface area contributed by atoms with E-state index >= 15 is 0 Å². The molecule has 0 unspecified atom stereocenters. The Labute approximate surface area is 238 Å². The van der Waals surface area contributed by atoms with Crippen LogP contribution in [0.5, 0.6) is 0 Å².